The summed E-state index contributed by atoms with van der Waals surface area (Å²) in [5.74, 6) is -0.623. The number of hydrogen-bond acceptors (Lipinski definition) is 4. The van der Waals surface area contributed by atoms with Gasteiger partial charge in [-0.05, 0) is 41.1 Å². The summed E-state index contributed by atoms with van der Waals surface area (Å²) in [7, 11) is 1.22. The van der Waals surface area contributed by atoms with Crippen molar-refractivity contribution in [3.63, 3.8) is 0 Å². The molecular weight excluding hydrogens is 264 g/mol. The summed E-state index contributed by atoms with van der Waals surface area (Å²) in [5.41, 5.74) is -0.0423. The summed E-state index contributed by atoms with van der Waals surface area (Å²) >= 11 is 3.12. The van der Waals surface area contributed by atoms with Gasteiger partial charge in [0.15, 0.2) is 10.5 Å². The lowest BCUT2D eigenvalue weighted by atomic mass is 10.1. The van der Waals surface area contributed by atoms with Gasteiger partial charge in [0.2, 0.25) is 0 Å². The molecule has 0 N–H and O–H groups in total. The maximum Gasteiger partial charge on any atom is 0.341 e. The standard InChI is InChI=1S/C10H9BrO4/c1-6(12)8(10(13)14-2)5-7-3-4-9(11)15-7/h3-5H,1-2H3/b8-5-. The molecule has 80 valence electrons. The number of ether oxygens (including phenoxy) is 1. The van der Waals surface area contributed by atoms with E-state index in [0.29, 0.717) is 10.4 Å². The summed E-state index contributed by atoms with van der Waals surface area (Å²) in [6.07, 6.45) is 1.35. The Balaban J connectivity index is 3.04. The molecule has 0 atom stereocenters. The first-order valence-corrected chi connectivity index (χ1v) is 4.90. The topological polar surface area (TPSA) is 56.5 Å². The van der Waals surface area contributed by atoms with Gasteiger partial charge in [-0.3, -0.25) is 4.79 Å². The normalized spacial score (nSPS) is 11.3. The van der Waals surface area contributed by atoms with Gasteiger partial charge >= 0.3 is 5.97 Å². The number of rotatable bonds is 3. The SMILES string of the molecule is COC(=O)/C(=C\c1ccc(Br)o1)C(C)=O. The number of hydrogen-bond donors (Lipinski definition) is 0. The molecule has 1 aromatic rings. The Hall–Kier alpha value is -1.36. The third kappa shape index (κ3) is 3.06. The van der Waals surface area contributed by atoms with Gasteiger partial charge in [0.05, 0.1) is 7.11 Å². The molecule has 0 aliphatic carbocycles. The van der Waals surface area contributed by atoms with Gasteiger partial charge in [0.1, 0.15) is 11.3 Å². The van der Waals surface area contributed by atoms with Gasteiger partial charge in [-0.2, -0.15) is 0 Å². The first-order chi connectivity index (χ1) is 7.04. The highest BCUT2D eigenvalue weighted by Gasteiger charge is 2.15. The van der Waals surface area contributed by atoms with Crippen LogP contribution in [0.15, 0.2) is 26.8 Å². The molecule has 5 heteroatoms. The van der Waals surface area contributed by atoms with Gasteiger partial charge in [0.25, 0.3) is 0 Å². The van der Waals surface area contributed by atoms with Crippen molar-refractivity contribution in [3.05, 3.63) is 28.1 Å². The van der Waals surface area contributed by atoms with Crippen molar-refractivity contribution in [1.29, 1.82) is 0 Å². The highest BCUT2D eigenvalue weighted by atomic mass is 79.9. The van der Waals surface area contributed by atoms with Crippen LogP contribution in [0, 0.1) is 0 Å². The zero-order valence-electron chi connectivity index (χ0n) is 8.24. The predicted octanol–water partition coefficient (Wildman–Crippen LogP) is 2.19. The molecule has 0 unspecified atom stereocenters. The van der Waals surface area contributed by atoms with Crippen LogP contribution in [-0.2, 0) is 14.3 Å². The van der Waals surface area contributed by atoms with E-state index in [-0.39, 0.29) is 11.4 Å². The largest absolute Gasteiger partial charge is 0.465 e. The van der Waals surface area contributed by atoms with Crippen LogP contribution in [-0.4, -0.2) is 18.9 Å². The molecule has 1 rings (SSSR count). The van der Waals surface area contributed by atoms with Crippen molar-refractivity contribution in [2.45, 2.75) is 6.92 Å². The van der Waals surface area contributed by atoms with Crippen molar-refractivity contribution in [3.8, 4) is 0 Å². The highest BCUT2D eigenvalue weighted by molar-refractivity contribution is 9.10. The van der Waals surface area contributed by atoms with Crippen LogP contribution in [0.3, 0.4) is 0 Å². The number of Topliss-reactive ketones (excluding diaryl/α,β-unsaturated/α-hetero) is 1. The first kappa shape index (κ1) is 11.7. The molecule has 4 nitrogen and oxygen atoms in total. The molecule has 0 saturated carbocycles. The zero-order valence-corrected chi connectivity index (χ0v) is 9.83. The van der Waals surface area contributed by atoms with Crippen LogP contribution in [0.1, 0.15) is 12.7 Å². The number of carbonyl (C=O) groups excluding carboxylic acids is 2. The minimum Gasteiger partial charge on any atom is -0.465 e. The second-order valence-electron chi connectivity index (χ2n) is 2.75. The maximum absolute atomic E-state index is 11.2. The minimum atomic E-state index is -0.671. The summed E-state index contributed by atoms with van der Waals surface area (Å²) in [4.78, 5) is 22.3. The molecule has 1 heterocycles. The Morgan fingerprint density at radius 1 is 1.47 bits per heavy atom. The summed E-state index contributed by atoms with van der Waals surface area (Å²) < 4.78 is 10.1. The lowest BCUT2D eigenvalue weighted by Crippen LogP contribution is -2.11. The average molecular weight is 273 g/mol. The second kappa shape index (κ2) is 4.93. The van der Waals surface area contributed by atoms with Crippen LogP contribution < -0.4 is 0 Å². The number of halogens is 1. The van der Waals surface area contributed by atoms with Gasteiger partial charge in [-0.25, -0.2) is 4.79 Å². The van der Waals surface area contributed by atoms with Crippen molar-refractivity contribution in [2.24, 2.45) is 0 Å². The molecule has 0 fully saturated rings. The van der Waals surface area contributed by atoms with E-state index >= 15 is 0 Å². The van der Waals surface area contributed by atoms with Crippen LogP contribution >= 0.6 is 15.9 Å². The number of carbonyl (C=O) groups is 2. The van der Waals surface area contributed by atoms with Crippen molar-refractivity contribution < 1.29 is 18.7 Å². The zero-order chi connectivity index (χ0) is 11.4. The smallest absolute Gasteiger partial charge is 0.341 e. The van der Waals surface area contributed by atoms with E-state index < -0.39 is 5.97 Å². The lowest BCUT2D eigenvalue weighted by molar-refractivity contribution is -0.137. The van der Waals surface area contributed by atoms with Crippen LogP contribution in [0.25, 0.3) is 6.08 Å². The monoisotopic (exact) mass is 272 g/mol. The van der Waals surface area contributed by atoms with E-state index in [0.717, 1.165) is 0 Å². The summed E-state index contributed by atoms with van der Waals surface area (Å²) in [5, 5.41) is 0. The molecular formula is C10H9BrO4. The highest BCUT2D eigenvalue weighted by Crippen LogP contribution is 2.17. The Morgan fingerprint density at radius 2 is 2.13 bits per heavy atom. The van der Waals surface area contributed by atoms with E-state index in [1.807, 2.05) is 0 Å². The van der Waals surface area contributed by atoms with Gasteiger partial charge in [-0.1, -0.05) is 0 Å². The van der Waals surface area contributed by atoms with E-state index in [1.54, 1.807) is 12.1 Å². The fraction of sp³-hybridized carbons (Fsp3) is 0.200. The molecule has 0 aromatic carbocycles. The number of methoxy groups -OCH3 is 1. The van der Waals surface area contributed by atoms with Crippen LogP contribution in [0.5, 0.6) is 0 Å². The minimum absolute atomic E-state index is 0.0423. The fourth-order valence-electron chi connectivity index (χ4n) is 0.962. The molecule has 0 aliphatic rings. The Labute approximate surface area is 95.0 Å². The molecule has 0 saturated heterocycles. The second-order valence-corrected chi connectivity index (χ2v) is 3.53. The Morgan fingerprint density at radius 3 is 2.53 bits per heavy atom. The van der Waals surface area contributed by atoms with Crippen molar-refractivity contribution in [1.82, 2.24) is 0 Å². The molecule has 0 aliphatic heterocycles. The maximum atomic E-state index is 11.2. The third-order valence-electron chi connectivity index (χ3n) is 1.67. The van der Waals surface area contributed by atoms with E-state index in [2.05, 4.69) is 20.7 Å². The van der Waals surface area contributed by atoms with Crippen LogP contribution in [0.4, 0.5) is 0 Å². The van der Waals surface area contributed by atoms with Crippen molar-refractivity contribution in [2.75, 3.05) is 7.11 Å². The quantitative estimate of drug-likeness (QED) is 0.366. The number of furan rings is 1. The van der Waals surface area contributed by atoms with E-state index in [9.17, 15) is 9.59 Å². The third-order valence-corrected chi connectivity index (χ3v) is 2.09. The van der Waals surface area contributed by atoms with Gasteiger partial charge in [-0.15, -0.1) is 0 Å². The Kier molecular flexibility index (Phi) is 3.85. The summed E-state index contributed by atoms with van der Waals surface area (Å²) in [6, 6.07) is 3.30. The van der Waals surface area contributed by atoms with Crippen molar-refractivity contribution >= 4 is 33.8 Å². The predicted molar refractivity (Wildman–Crippen MR) is 57.1 cm³/mol. The number of esters is 1. The first-order valence-electron chi connectivity index (χ1n) is 4.11. The molecule has 0 bridgehead atoms. The molecule has 0 radical (unpaired) electrons. The molecule has 1 aromatic heterocycles. The van der Waals surface area contributed by atoms with Crippen LogP contribution in [0.2, 0.25) is 0 Å². The lowest BCUT2D eigenvalue weighted by Gasteiger charge is -1.99. The molecule has 0 spiro atoms. The Bertz CT molecular complexity index is 417. The fourth-order valence-corrected chi connectivity index (χ4v) is 1.28. The van der Waals surface area contributed by atoms with E-state index in [1.165, 1.54) is 20.1 Å². The number of ketones is 1. The average Bonchev–Trinajstić information content (AvgIpc) is 2.59. The molecule has 15 heavy (non-hydrogen) atoms. The summed E-state index contributed by atoms with van der Waals surface area (Å²) in [6.45, 7) is 1.29. The van der Waals surface area contributed by atoms with E-state index in [4.69, 9.17) is 4.42 Å². The molecule has 0 amide bonds. The van der Waals surface area contributed by atoms with Gasteiger partial charge in [0, 0.05) is 0 Å². The van der Waals surface area contributed by atoms with Gasteiger partial charge < -0.3 is 9.15 Å².